The van der Waals surface area contributed by atoms with Gasteiger partial charge in [-0.25, -0.2) is 0 Å². The van der Waals surface area contributed by atoms with E-state index in [0.717, 1.165) is 0 Å². The van der Waals surface area contributed by atoms with Gasteiger partial charge in [0.15, 0.2) is 0 Å². The summed E-state index contributed by atoms with van der Waals surface area (Å²) < 4.78 is 5.23. The van der Waals surface area contributed by atoms with Crippen molar-refractivity contribution >= 4 is 11.8 Å². The van der Waals surface area contributed by atoms with Crippen LogP contribution in [0.2, 0.25) is 0 Å². The van der Waals surface area contributed by atoms with Gasteiger partial charge in [0.05, 0.1) is 12.8 Å². The smallest absolute Gasteiger partial charge is 0.243 e. The van der Waals surface area contributed by atoms with E-state index in [4.69, 9.17) is 4.42 Å². The quantitative estimate of drug-likeness (QED) is 0.876. The summed E-state index contributed by atoms with van der Waals surface area (Å²) in [5, 5.41) is 2.85. The number of furan rings is 1. The van der Waals surface area contributed by atoms with Gasteiger partial charge in [-0.3, -0.25) is 9.59 Å². The maximum absolute atomic E-state index is 12.0. The summed E-state index contributed by atoms with van der Waals surface area (Å²) in [4.78, 5) is 25.4. The fourth-order valence-corrected chi connectivity index (χ4v) is 2.16. The summed E-state index contributed by atoms with van der Waals surface area (Å²) in [7, 11) is 0. The maximum atomic E-state index is 12.0. The van der Waals surface area contributed by atoms with Gasteiger partial charge in [0.2, 0.25) is 11.8 Å². The van der Waals surface area contributed by atoms with E-state index in [-0.39, 0.29) is 23.9 Å². The molecule has 0 aliphatic carbocycles. The largest absolute Gasteiger partial charge is 0.467 e. The van der Waals surface area contributed by atoms with Crippen LogP contribution in [0.1, 0.15) is 32.4 Å². The molecule has 1 aromatic rings. The van der Waals surface area contributed by atoms with Crippen LogP contribution in [0.25, 0.3) is 0 Å². The second kappa shape index (κ2) is 5.25. The van der Waals surface area contributed by atoms with E-state index in [1.165, 1.54) is 0 Å². The molecule has 1 aliphatic rings. The molecular weight excluding hydrogens is 232 g/mol. The molecule has 98 valence electrons. The lowest BCUT2D eigenvalue weighted by Gasteiger charge is -2.24. The molecule has 5 heteroatoms. The molecule has 1 unspecified atom stereocenters. The van der Waals surface area contributed by atoms with Crippen LogP contribution < -0.4 is 5.32 Å². The standard InChI is InChI=1S/C13H18N2O3/c1-9(2)14-13(17)11-5-6-12(16)15(11)8-10-4-3-7-18-10/h3-4,7,9,11H,5-6,8H2,1-2H3,(H,14,17). The van der Waals surface area contributed by atoms with E-state index in [2.05, 4.69) is 5.32 Å². The molecule has 0 bridgehead atoms. The molecule has 2 rings (SSSR count). The number of carbonyl (C=O) groups excluding carboxylic acids is 2. The lowest BCUT2D eigenvalue weighted by atomic mass is 10.2. The Balaban J connectivity index is 2.05. The van der Waals surface area contributed by atoms with E-state index < -0.39 is 0 Å². The fourth-order valence-electron chi connectivity index (χ4n) is 2.16. The van der Waals surface area contributed by atoms with E-state index in [9.17, 15) is 9.59 Å². The molecule has 1 fully saturated rings. The number of nitrogens with zero attached hydrogens (tertiary/aromatic N) is 1. The molecule has 0 saturated carbocycles. The minimum atomic E-state index is -0.370. The zero-order chi connectivity index (χ0) is 13.1. The van der Waals surface area contributed by atoms with Crippen molar-refractivity contribution in [3.8, 4) is 0 Å². The first-order chi connectivity index (χ1) is 8.58. The Kier molecular flexibility index (Phi) is 3.69. The first-order valence-corrected chi connectivity index (χ1v) is 6.20. The predicted octanol–water partition coefficient (Wildman–Crippen LogP) is 1.30. The molecule has 0 aromatic carbocycles. The van der Waals surface area contributed by atoms with Crippen molar-refractivity contribution in [2.75, 3.05) is 0 Å². The monoisotopic (exact) mass is 250 g/mol. The van der Waals surface area contributed by atoms with E-state index in [0.29, 0.717) is 25.1 Å². The van der Waals surface area contributed by atoms with Gasteiger partial charge in [-0.15, -0.1) is 0 Å². The van der Waals surface area contributed by atoms with Gasteiger partial charge in [0, 0.05) is 12.5 Å². The first-order valence-electron chi connectivity index (χ1n) is 6.20. The van der Waals surface area contributed by atoms with Crippen LogP contribution in [-0.2, 0) is 16.1 Å². The summed E-state index contributed by atoms with van der Waals surface area (Å²) in [6.07, 6.45) is 2.58. The van der Waals surface area contributed by atoms with Crippen LogP contribution in [0.15, 0.2) is 22.8 Å². The van der Waals surface area contributed by atoms with Crippen molar-refractivity contribution in [3.05, 3.63) is 24.2 Å². The summed E-state index contributed by atoms with van der Waals surface area (Å²) in [6.45, 7) is 4.18. The van der Waals surface area contributed by atoms with Crippen molar-refractivity contribution < 1.29 is 14.0 Å². The zero-order valence-corrected chi connectivity index (χ0v) is 10.7. The molecule has 1 aromatic heterocycles. The van der Waals surface area contributed by atoms with Crippen molar-refractivity contribution in [2.24, 2.45) is 0 Å². The highest BCUT2D eigenvalue weighted by atomic mass is 16.3. The van der Waals surface area contributed by atoms with Gasteiger partial charge in [0.1, 0.15) is 11.8 Å². The average molecular weight is 250 g/mol. The minimum Gasteiger partial charge on any atom is -0.467 e. The number of hydrogen-bond acceptors (Lipinski definition) is 3. The fraction of sp³-hybridized carbons (Fsp3) is 0.538. The second-order valence-electron chi connectivity index (χ2n) is 4.82. The van der Waals surface area contributed by atoms with Crippen molar-refractivity contribution in [1.29, 1.82) is 0 Å². The zero-order valence-electron chi connectivity index (χ0n) is 10.7. The third-order valence-electron chi connectivity index (χ3n) is 2.97. The molecule has 0 spiro atoms. The number of likely N-dealkylation sites (tertiary alicyclic amines) is 1. The van der Waals surface area contributed by atoms with Crippen molar-refractivity contribution in [3.63, 3.8) is 0 Å². The molecule has 2 heterocycles. The topological polar surface area (TPSA) is 62.6 Å². The molecule has 0 radical (unpaired) electrons. The summed E-state index contributed by atoms with van der Waals surface area (Å²) >= 11 is 0. The average Bonchev–Trinajstić information content (AvgIpc) is 2.90. The Hall–Kier alpha value is -1.78. The van der Waals surface area contributed by atoms with Crippen LogP contribution in [0.5, 0.6) is 0 Å². The van der Waals surface area contributed by atoms with Gasteiger partial charge in [-0.2, -0.15) is 0 Å². The van der Waals surface area contributed by atoms with Crippen LogP contribution >= 0.6 is 0 Å². The molecule has 1 aliphatic heterocycles. The summed E-state index contributed by atoms with van der Waals surface area (Å²) in [5.41, 5.74) is 0. The molecular formula is C13H18N2O3. The second-order valence-corrected chi connectivity index (χ2v) is 4.82. The maximum Gasteiger partial charge on any atom is 0.243 e. The SMILES string of the molecule is CC(C)NC(=O)C1CCC(=O)N1Cc1ccco1. The summed E-state index contributed by atoms with van der Waals surface area (Å²) in [6, 6.07) is 3.30. The number of carbonyl (C=O) groups is 2. The van der Waals surface area contributed by atoms with E-state index in [1.807, 2.05) is 19.9 Å². The Morgan fingerprint density at radius 2 is 2.39 bits per heavy atom. The lowest BCUT2D eigenvalue weighted by Crippen LogP contribution is -2.46. The van der Waals surface area contributed by atoms with Gasteiger partial charge in [-0.05, 0) is 32.4 Å². The number of hydrogen-bond donors (Lipinski definition) is 1. The van der Waals surface area contributed by atoms with Gasteiger partial charge >= 0.3 is 0 Å². The molecule has 5 nitrogen and oxygen atoms in total. The van der Waals surface area contributed by atoms with E-state index in [1.54, 1.807) is 17.2 Å². The highest BCUT2D eigenvalue weighted by Crippen LogP contribution is 2.21. The Bertz CT molecular complexity index is 425. The van der Waals surface area contributed by atoms with Crippen molar-refractivity contribution in [1.82, 2.24) is 10.2 Å². The minimum absolute atomic E-state index is 0.00954. The predicted molar refractivity (Wildman–Crippen MR) is 65.6 cm³/mol. The van der Waals surface area contributed by atoms with Gasteiger partial charge in [0.25, 0.3) is 0 Å². The van der Waals surface area contributed by atoms with Crippen LogP contribution in [0.4, 0.5) is 0 Å². The third-order valence-corrected chi connectivity index (χ3v) is 2.97. The molecule has 1 atom stereocenters. The summed E-state index contributed by atoms with van der Waals surface area (Å²) in [5.74, 6) is 0.630. The highest BCUT2D eigenvalue weighted by Gasteiger charge is 2.36. The highest BCUT2D eigenvalue weighted by molar-refractivity contribution is 5.90. The van der Waals surface area contributed by atoms with Crippen LogP contribution in [0, 0.1) is 0 Å². The van der Waals surface area contributed by atoms with E-state index >= 15 is 0 Å². The number of amides is 2. The molecule has 18 heavy (non-hydrogen) atoms. The van der Waals surface area contributed by atoms with Crippen LogP contribution in [0.3, 0.4) is 0 Å². The number of nitrogens with one attached hydrogen (secondary N) is 1. The lowest BCUT2D eigenvalue weighted by molar-refractivity contribution is -0.136. The molecule has 1 N–H and O–H groups in total. The Morgan fingerprint density at radius 1 is 1.61 bits per heavy atom. The van der Waals surface area contributed by atoms with Gasteiger partial charge < -0.3 is 14.6 Å². The van der Waals surface area contributed by atoms with Crippen LogP contribution in [-0.4, -0.2) is 28.8 Å². The Labute approximate surface area is 106 Å². The molecule has 2 amide bonds. The third kappa shape index (κ3) is 2.72. The molecule has 1 saturated heterocycles. The first kappa shape index (κ1) is 12.7. The van der Waals surface area contributed by atoms with Crippen molar-refractivity contribution in [2.45, 2.75) is 45.3 Å². The Morgan fingerprint density at radius 3 is 3.00 bits per heavy atom. The normalized spacial score (nSPS) is 19.6. The number of rotatable bonds is 4. The van der Waals surface area contributed by atoms with Gasteiger partial charge in [-0.1, -0.05) is 0 Å².